The highest BCUT2D eigenvalue weighted by Crippen LogP contribution is 2.50. The van der Waals surface area contributed by atoms with Crippen molar-refractivity contribution < 1.29 is 19.1 Å². The average Bonchev–Trinajstić information content (AvgIpc) is 3.23. The number of amides is 1. The van der Waals surface area contributed by atoms with Crippen LogP contribution in [0.5, 0.6) is 0 Å². The maximum atomic E-state index is 13.9. The number of aliphatic carboxylic acids is 1. The molecule has 2 aromatic carbocycles. The molecule has 0 radical (unpaired) electrons. The molecule has 1 fully saturated rings. The van der Waals surface area contributed by atoms with Crippen LogP contribution in [0.15, 0.2) is 52.9 Å². The second-order valence-corrected chi connectivity index (χ2v) is 9.39. The molecule has 1 aliphatic rings. The minimum atomic E-state index is -1.02. The molecule has 4 atom stereocenters. The fourth-order valence-corrected chi connectivity index (χ4v) is 5.18. The number of carbonyl (C=O) groups is 2. The highest BCUT2D eigenvalue weighted by Gasteiger charge is 2.47. The van der Waals surface area contributed by atoms with Gasteiger partial charge in [0.2, 0.25) is 17.7 Å². The van der Waals surface area contributed by atoms with Crippen molar-refractivity contribution in [3.8, 4) is 0 Å². The van der Waals surface area contributed by atoms with Gasteiger partial charge in [-0.15, -0.1) is 10.2 Å². The number of nitrogens with zero attached hydrogens (tertiary/aromatic N) is 3. The highest BCUT2D eigenvalue weighted by atomic mass is 35.5. The Morgan fingerprint density at radius 1 is 1.15 bits per heavy atom. The predicted octanol–water partition coefficient (Wildman–Crippen LogP) is 5.98. The molecule has 1 aromatic heterocycles. The van der Waals surface area contributed by atoms with Gasteiger partial charge in [-0.2, -0.15) is 0 Å². The Labute approximate surface area is 207 Å². The number of aryl methyl sites for hydroxylation is 1. The number of carboxylic acid groups (broad SMARTS) is 1. The summed E-state index contributed by atoms with van der Waals surface area (Å²) in [6.45, 7) is 3.63. The van der Waals surface area contributed by atoms with Crippen LogP contribution in [0, 0.1) is 12.8 Å². The molecule has 7 nitrogen and oxygen atoms in total. The first-order chi connectivity index (χ1) is 16.3. The van der Waals surface area contributed by atoms with Crippen molar-refractivity contribution in [2.75, 3.05) is 0 Å². The number of benzene rings is 2. The number of hydrogen-bond acceptors (Lipinski definition) is 5. The lowest BCUT2D eigenvalue weighted by molar-refractivity contribution is -0.153. The first-order valence-corrected chi connectivity index (χ1v) is 11.9. The fourth-order valence-electron chi connectivity index (χ4n) is 4.85. The standard InChI is InChI=1S/C25H25Cl2N3O4/c1-3-21(24-29-28-14(2)34-24)30-23(15-7-9-18(26)10-8-15)20(16-5-4-6-19(27)11-16)12-17(25(30)33)13-22(31)32/h4-11,17,20-21,23H,3,12-13H2,1-2H3,(H,31,32)/t17-,20-,21+,23-/m1/s1. The van der Waals surface area contributed by atoms with E-state index in [0.29, 0.717) is 34.7 Å². The monoisotopic (exact) mass is 501 g/mol. The van der Waals surface area contributed by atoms with Crippen LogP contribution >= 0.6 is 23.2 Å². The second-order valence-electron chi connectivity index (χ2n) is 8.52. The van der Waals surface area contributed by atoms with E-state index in [0.717, 1.165) is 11.1 Å². The first-order valence-electron chi connectivity index (χ1n) is 11.1. The average molecular weight is 502 g/mol. The first kappa shape index (κ1) is 24.2. The molecule has 2 heterocycles. The number of rotatable bonds is 7. The van der Waals surface area contributed by atoms with Gasteiger partial charge in [-0.25, -0.2) is 0 Å². The Morgan fingerprint density at radius 2 is 1.88 bits per heavy atom. The van der Waals surface area contributed by atoms with Gasteiger partial charge < -0.3 is 14.4 Å². The Bertz CT molecular complexity index is 1180. The molecule has 3 aromatic rings. The summed E-state index contributed by atoms with van der Waals surface area (Å²) in [7, 11) is 0. The minimum Gasteiger partial charge on any atom is -0.481 e. The van der Waals surface area contributed by atoms with Gasteiger partial charge in [0.25, 0.3) is 0 Å². The molecule has 0 bridgehead atoms. The van der Waals surface area contributed by atoms with E-state index in [2.05, 4.69) is 10.2 Å². The Kier molecular flexibility index (Phi) is 7.24. The Balaban J connectivity index is 1.90. The van der Waals surface area contributed by atoms with E-state index in [1.54, 1.807) is 30.0 Å². The fraction of sp³-hybridized carbons (Fsp3) is 0.360. The number of hydrogen-bond donors (Lipinski definition) is 1. The van der Waals surface area contributed by atoms with E-state index < -0.39 is 24.0 Å². The molecule has 9 heteroatoms. The Hall–Kier alpha value is -2.90. The van der Waals surface area contributed by atoms with Crippen LogP contribution in [0.1, 0.15) is 67.1 Å². The molecule has 178 valence electrons. The van der Waals surface area contributed by atoms with Gasteiger partial charge in [-0.3, -0.25) is 9.59 Å². The third-order valence-electron chi connectivity index (χ3n) is 6.28. The van der Waals surface area contributed by atoms with Crippen LogP contribution in [0.4, 0.5) is 0 Å². The van der Waals surface area contributed by atoms with Crippen molar-refractivity contribution in [3.63, 3.8) is 0 Å². The minimum absolute atomic E-state index is 0.208. The van der Waals surface area contributed by atoms with Crippen LogP contribution < -0.4 is 0 Å². The molecule has 1 N–H and O–H groups in total. The topological polar surface area (TPSA) is 96.5 Å². The third kappa shape index (κ3) is 4.95. The van der Waals surface area contributed by atoms with Crippen LogP contribution in [0.25, 0.3) is 0 Å². The molecular weight excluding hydrogens is 477 g/mol. The van der Waals surface area contributed by atoms with Gasteiger partial charge in [0.05, 0.1) is 12.5 Å². The lowest BCUT2D eigenvalue weighted by atomic mass is 9.74. The molecule has 4 rings (SSSR count). The van der Waals surface area contributed by atoms with Gasteiger partial charge in [0, 0.05) is 28.8 Å². The zero-order valence-corrected chi connectivity index (χ0v) is 20.3. The summed E-state index contributed by atoms with van der Waals surface area (Å²) >= 11 is 12.5. The smallest absolute Gasteiger partial charge is 0.304 e. The molecule has 0 saturated carbocycles. The normalized spacial score (nSPS) is 21.5. The number of carbonyl (C=O) groups excluding carboxylic acids is 1. The lowest BCUT2D eigenvalue weighted by Gasteiger charge is -2.47. The van der Waals surface area contributed by atoms with E-state index in [-0.39, 0.29) is 18.2 Å². The van der Waals surface area contributed by atoms with Crippen LogP contribution in [-0.4, -0.2) is 32.1 Å². The SMILES string of the molecule is CC[C@@H](c1nnc(C)o1)N1C(=O)[C@@H](CC(=O)O)C[C@H](c2cccc(Cl)c2)[C@H]1c1ccc(Cl)cc1. The van der Waals surface area contributed by atoms with E-state index in [1.165, 1.54) is 0 Å². The van der Waals surface area contributed by atoms with Gasteiger partial charge in [0.1, 0.15) is 6.04 Å². The van der Waals surface area contributed by atoms with Crippen LogP contribution in [0.2, 0.25) is 10.0 Å². The Morgan fingerprint density at radius 3 is 2.47 bits per heavy atom. The van der Waals surface area contributed by atoms with E-state index in [9.17, 15) is 14.7 Å². The van der Waals surface area contributed by atoms with E-state index >= 15 is 0 Å². The maximum Gasteiger partial charge on any atom is 0.304 e. The summed E-state index contributed by atoms with van der Waals surface area (Å²) in [6.07, 6.45) is 0.618. The van der Waals surface area contributed by atoms with Crippen molar-refractivity contribution >= 4 is 35.1 Å². The van der Waals surface area contributed by atoms with Crippen molar-refractivity contribution in [2.45, 2.75) is 51.1 Å². The second kappa shape index (κ2) is 10.2. The van der Waals surface area contributed by atoms with Crippen molar-refractivity contribution in [1.82, 2.24) is 15.1 Å². The molecule has 1 aliphatic heterocycles. The summed E-state index contributed by atoms with van der Waals surface area (Å²) in [4.78, 5) is 27.3. The molecule has 34 heavy (non-hydrogen) atoms. The van der Waals surface area contributed by atoms with Crippen molar-refractivity contribution in [1.29, 1.82) is 0 Å². The number of piperidine rings is 1. The number of carboxylic acids is 1. The van der Waals surface area contributed by atoms with Crippen molar-refractivity contribution in [3.05, 3.63) is 81.5 Å². The van der Waals surface area contributed by atoms with Crippen molar-refractivity contribution in [2.24, 2.45) is 5.92 Å². The van der Waals surface area contributed by atoms with E-state index in [1.807, 2.05) is 37.3 Å². The van der Waals surface area contributed by atoms with E-state index in [4.69, 9.17) is 27.6 Å². The number of likely N-dealkylation sites (tertiary alicyclic amines) is 1. The molecule has 1 saturated heterocycles. The van der Waals surface area contributed by atoms with Gasteiger partial charge in [-0.05, 0) is 48.2 Å². The van der Waals surface area contributed by atoms with Gasteiger partial charge in [0.15, 0.2) is 0 Å². The molecule has 0 aliphatic carbocycles. The summed E-state index contributed by atoms with van der Waals surface area (Å²) in [5.74, 6) is -1.45. The zero-order valence-electron chi connectivity index (χ0n) is 18.8. The van der Waals surface area contributed by atoms with Gasteiger partial charge in [-0.1, -0.05) is 54.4 Å². The maximum absolute atomic E-state index is 13.9. The quantitative estimate of drug-likeness (QED) is 0.427. The molecule has 1 amide bonds. The predicted molar refractivity (Wildman–Crippen MR) is 128 cm³/mol. The van der Waals surface area contributed by atoms with Gasteiger partial charge >= 0.3 is 5.97 Å². The summed E-state index contributed by atoms with van der Waals surface area (Å²) in [5.41, 5.74) is 1.81. The molecule has 0 spiro atoms. The number of aromatic nitrogens is 2. The molecule has 0 unspecified atom stereocenters. The number of halogens is 2. The molecular formula is C25H25Cl2N3O4. The van der Waals surface area contributed by atoms with Crippen LogP contribution in [-0.2, 0) is 9.59 Å². The lowest BCUT2D eigenvalue weighted by Crippen LogP contribution is -2.49. The summed E-state index contributed by atoms with van der Waals surface area (Å²) in [6, 6.07) is 13.9. The summed E-state index contributed by atoms with van der Waals surface area (Å²) < 4.78 is 5.74. The largest absolute Gasteiger partial charge is 0.481 e. The van der Waals surface area contributed by atoms with Crippen LogP contribution in [0.3, 0.4) is 0 Å². The zero-order chi connectivity index (χ0) is 24.4. The highest BCUT2D eigenvalue weighted by molar-refractivity contribution is 6.30. The summed E-state index contributed by atoms with van der Waals surface area (Å²) in [5, 5.41) is 18.9. The third-order valence-corrected chi connectivity index (χ3v) is 6.77.